The van der Waals surface area contributed by atoms with Crippen LogP contribution in [0.2, 0.25) is 0 Å². The van der Waals surface area contributed by atoms with Gasteiger partial charge in [-0.15, -0.1) is 11.3 Å². The number of unbranched alkanes of at least 4 members (excludes halogenated alkanes) is 2. The summed E-state index contributed by atoms with van der Waals surface area (Å²) in [6, 6.07) is 7.50. The zero-order valence-electron chi connectivity index (χ0n) is 12.7. The SMILES string of the molecule is CCCC/C=C/C=C/CCS(=O)(=O)c1nc2ccccc2s1. The van der Waals surface area contributed by atoms with Gasteiger partial charge in [0.2, 0.25) is 14.2 Å². The molecular formula is C17H21NO2S2. The first-order chi connectivity index (χ1) is 10.6. The second kappa shape index (κ2) is 8.25. The zero-order valence-corrected chi connectivity index (χ0v) is 14.4. The lowest BCUT2D eigenvalue weighted by molar-refractivity contribution is 0.595. The molecule has 0 saturated carbocycles. The number of thiazole rings is 1. The van der Waals surface area contributed by atoms with Crippen LogP contribution in [0.25, 0.3) is 10.2 Å². The van der Waals surface area contributed by atoms with Gasteiger partial charge in [0.15, 0.2) is 0 Å². The van der Waals surface area contributed by atoms with Gasteiger partial charge in [-0.2, -0.15) is 0 Å². The molecule has 2 aromatic rings. The van der Waals surface area contributed by atoms with Crippen LogP contribution in [-0.4, -0.2) is 19.2 Å². The number of allylic oxidation sites excluding steroid dienone is 4. The molecule has 1 aromatic heterocycles. The molecule has 0 aliphatic heterocycles. The average Bonchev–Trinajstić information content (AvgIpc) is 2.95. The Labute approximate surface area is 136 Å². The number of benzene rings is 1. The minimum Gasteiger partial charge on any atom is -0.225 e. The molecule has 1 aromatic carbocycles. The smallest absolute Gasteiger partial charge is 0.210 e. The minimum atomic E-state index is -3.29. The van der Waals surface area contributed by atoms with Crippen molar-refractivity contribution in [3.8, 4) is 0 Å². The Hall–Kier alpha value is -1.46. The van der Waals surface area contributed by atoms with Crippen LogP contribution >= 0.6 is 11.3 Å². The van der Waals surface area contributed by atoms with Crippen molar-refractivity contribution < 1.29 is 8.42 Å². The van der Waals surface area contributed by atoms with E-state index >= 15 is 0 Å². The maximum Gasteiger partial charge on any atom is 0.210 e. The molecule has 0 atom stereocenters. The predicted molar refractivity (Wildman–Crippen MR) is 94.1 cm³/mol. The number of sulfone groups is 1. The Kier molecular flexibility index (Phi) is 6.34. The van der Waals surface area contributed by atoms with Crippen LogP contribution in [0.3, 0.4) is 0 Å². The summed E-state index contributed by atoms with van der Waals surface area (Å²) in [6.07, 6.45) is 11.9. The summed E-state index contributed by atoms with van der Waals surface area (Å²) >= 11 is 1.24. The molecular weight excluding hydrogens is 314 g/mol. The number of aromatic nitrogens is 1. The van der Waals surface area contributed by atoms with Crippen molar-refractivity contribution in [2.45, 2.75) is 36.9 Å². The summed E-state index contributed by atoms with van der Waals surface area (Å²) in [5, 5.41) is 0. The molecule has 0 saturated heterocycles. The second-order valence-electron chi connectivity index (χ2n) is 5.05. The van der Waals surface area contributed by atoms with E-state index in [1.54, 1.807) is 0 Å². The van der Waals surface area contributed by atoms with E-state index in [9.17, 15) is 8.42 Å². The van der Waals surface area contributed by atoms with Gasteiger partial charge in [0.1, 0.15) is 0 Å². The topological polar surface area (TPSA) is 47.0 Å². The van der Waals surface area contributed by atoms with Crippen molar-refractivity contribution in [1.29, 1.82) is 0 Å². The molecule has 1 heterocycles. The van der Waals surface area contributed by atoms with E-state index in [1.165, 1.54) is 24.2 Å². The lowest BCUT2D eigenvalue weighted by Gasteiger charge is -1.96. The van der Waals surface area contributed by atoms with Crippen LogP contribution in [0.4, 0.5) is 0 Å². The van der Waals surface area contributed by atoms with E-state index in [0.29, 0.717) is 6.42 Å². The average molecular weight is 335 g/mol. The van der Waals surface area contributed by atoms with E-state index in [2.05, 4.69) is 18.0 Å². The summed E-state index contributed by atoms with van der Waals surface area (Å²) in [4.78, 5) is 4.23. The summed E-state index contributed by atoms with van der Waals surface area (Å²) in [7, 11) is -3.29. The Balaban J connectivity index is 1.91. The zero-order chi connectivity index (χ0) is 15.8. The van der Waals surface area contributed by atoms with E-state index in [1.807, 2.05) is 42.5 Å². The molecule has 22 heavy (non-hydrogen) atoms. The van der Waals surface area contributed by atoms with Gasteiger partial charge >= 0.3 is 0 Å². The van der Waals surface area contributed by atoms with Gasteiger partial charge in [0, 0.05) is 0 Å². The number of para-hydroxylation sites is 1. The molecule has 0 spiro atoms. The molecule has 0 amide bonds. The summed E-state index contributed by atoms with van der Waals surface area (Å²) in [5.41, 5.74) is 0.750. The Bertz CT molecular complexity index is 725. The van der Waals surface area contributed by atoms with Crippen LogP contribution in [0, 0.1) is 0 Å². The molecule has 0 unspecified atom stereocenters. The molecule has 0 aliphatic carbocycles. The lowest BCUT2D eigenvalue weighted by atomic mass is 10.2. The van der Waals surface area contributed by atoms with Crippen LogP contribution in [0.15, 0.2) is 52.9 Å². The van der Waals surface area contributed by atoms with Gasteiger partial charge in [0.25, 0.3) is 0 Å². The predicted octanol–water partition coefficient (Wildman–Crippen LogP) is 4.76. The summed E-state index contributed by atoms with van der Waals surface area (Å²) in [6.45, 7) is 2.16. The molecule has 0 fully saturated rings. The normalized spacial score (nSPS) is 12.8. The van der Waals surface area contributed by atoms with Gasteiger partial charge in [-0.05, 0) is 25.0 Å². The van der Waals surface area contributed by atoms with Crippen LogP contribution < -0.4 is 0 Å². The van der Waals surface area contributed by atoms with Crippen molar-refractivity contribution in [3.05, 3.63) is 48.6 Å². The van der Waals surface area contributed by atoms with E-state index < -0.39 is 9.84 Å². The van der Waals surface area contributed by atoms with Crippen molar-refractivity contribution in [1.82, 2.24) is 4.98 Å². The van der Waals surface area contributed by atoms with Gasteiger partial charge in [-0.1, -0.05) is 56.2 Å². The van der Waals surface area contributed by atoms with E-state index in [0.717, 1.165) is 16.6 Å². The quantitative estimate of drug-likeness (QED) is 0.516. The van der Waals surface area contributed by atoms with Crippen molar-refractivity contribution in [2.24, 2.45) is 0 Å². The monoisotopic (exact) mass is 335 g/mol. The van der Waals surface area contributed by atoms with Crippen molar-refractivity contribution >= 4 is 31.4 Å². The third kappa shape index (κ3) is 4.78. The van der Waals surface area contributed by atoms with Gasteiger partial charge in [0.05, 0.1) is 16.0 Å². The van der Waals surface area contributed by atoms with E-state index in [4.69, 9.17) is 0 Å². The summed E-state index contributed by atoms with van der Waals surface area (Å²) < 4.78 is 25.7. The molecule has 5 heteroatoms. The molecule has 118 valence electrons. The van der Waals surface area contributed by atoms with Crippen LogP contribution in [0.1, 0.15) is 32.6 Å². The fourth-order valence-electron chi connectivity index (χ4n) is 1.97. The highest BCUT2D eigenvalue weighted by Crippen LogP contribution is 2.26. The van der Waals surface area contributed by atoms with Gasteiger partial charge in [-0.25, -0.2) is 13.4 Å². The molecule has 2 rings (SSSR count). The Morgan fingerprint density at radius 2 is 1.86 bits per heavy atom. The van der Waals surface area contributed by atoms with Gasteiger partial charge < -0.3 is 0 Å². The molecule has 0 radical (unpaired) electrons. The highest BCUT2D eigenvalue weighted by Gasteiger charge is 2.18. The highest BCUT2D eigenvalue weighted by atomic mass is 32.2. The van der Waals surface area contributed by atoms with Gasteiger partial charge in [-0.3, -0.25) is 0 Å². The minimum absolute atomic E-state index is 0.103. The van der Waals surface area contributed by atoms with Crippen molar-refractivity contribution in [3.63, 3.8) is 0 Å². The third-order valence-corrected chi connectivity index (χ3v) is 6.44. The van der Waals surface area contributed by atoms with E-state index in [-0.39, 0.29) is 10.1 Å². The molecule has 3 nitrogen and oxygen atoms in total. The van der Waals surface area contributed by atoms with Crippen molar-refractivity contribution in [2.75, 3.05) is 5.75 Å². The third-order valence-electron chi connectivity index (χ3n) is 3.20. The maximum absolute atomic E-state index is 12.3. The Morgan fingerprint density at radius 1 is 1.14 bits per heavy atom. The Morgan fingerprint density at radius 3 is 2.59 bits per heavy atom. The number of hydrogen-bond donors (Lipinski definition) is 0. The lowest BCUT2D eigenvalue weighted by Crippen LogP contribution is -2.05. The largest absolute Gasteiger partial charge is 0.225 e. The molecule has 0 N–H and O–H groups in total. The first-order valence-corrected chi connectivity index (χ1v) is 10.0. The highest BCUT2D eigenvalue weighted by molar-refractivity contribution is 7.93. The first-order valence-electron chi connectivity index (χ1n) is 7.53. The fraction of sp³-hybridized carbons (Fsp3) is 0.353. The number of nitrogens with zero attached hydrogens (tertiary/aromatic N) is 1. The number of hydrogen-bond acceptors (Lipinski definition) is 4. The molecule has 0 bridgehead atoms. The van der Waals surface area contributed by atoms with Crippen LogP contribution in [0.5, 0.6) is 0 Å². The number of fused-ring (bicyclic) bond motifs is 1. The molecule has 0 aliphatic rings. The number of rotatable bonds is 8. The maximum atomic E-state index is 12.3. The fourth-order valence-corrected chi connectivity index (χ4v) is 4.55. The first kappa shape index (κ1) is 16.9. The van der Waals surface area contributed by atoms with Crippen LogP contribution in [-0.2, 0) is 9.84 Å². The summed E-state index contributed by atoms with van der Waals surface area (Å²) in [5.74, 6) is 0.103. The standard InChI is InChI=1S/C17H21NO2S2/c1-2-3-4-5-6-7-8-11-14-22(19,20)17-18-15-12-9-10-13-16(15)21-17/h5-10,12-13H,2-4,11,14H2,1H3/b6-5+,8-7+. The second-order valence-corrected chi connectivity index (χ2v) is 8.37.